The molecule has 2 aromatic rings. The van der Waals surface area contributed by atoms with Crippen LogP contribution in [0.15, 0.2) is 41.5 Å². The highest BCUT2D eigenvalue weighted by Crippen LogP contribution is 2.18. The van der Waals surface area contributed by atoms with Crippen molar-refractivity contribution in [3.8, 4) is 0 Å². The third-order valence-corrected chi connectivity index (χ3v) is 6.54. The molecule has 0 spiro atoms. The van der Waals surface area contributed by atoms with E-state index in [2.05, 4.69) is 10.6 Å². The molecule has 1 saturated heterocycles. The Bertz CT molecular complexity index is 1070. The summed E-state index contributed by atoms with van der Waals surface area (Å²) in [6.45, 7) is 1.40. The lowest BCUT2D eigenvalue weighted by Gasteiger charge is -2.23. The van der Waals surface area contributed by atoms with Gasteiger partial charge in [0.15, 0.2) is 0 Å². The van der Waals surface area contributed by atoms with Gasteiger partial charge in [-0.05, 0) is 49.8 Å². The molecule has 1 atom stereocenters. The van der Waals surface area contributed by atoms with Crippen LogP contribution in [-0.2, 0) is 17.7 Å². The summed E-state index contributed by atoms with van der Waals surface area (Å²) in [6.07, 6.45) is 10.4. The number of carbonyl (C=O) groups is 2. The predicted molar refractivity (Wildman–Crippen MR) is 126 cm³/mol. The van der Waals surface area contributed by atoms with Crippen LogP contribution in [0.4, 0.5) is 4.39 Å². The van der Waals surface area contributed by atoms with Gasteiger partial charge in [0.05, 0.1) is 6.10 Å². The van der Waals surface area contributed by atoms with Gasteiger partial charge in [-0.25, -0.2) is 4.39 Å². The second kappa shape index (κ2) is 11.4. The van der Waals surface area contributed by atoms with E-state index in [1.54, 1.807) is 16.7 Å². The summed E-state index contributed by atoms with van der Waals surface area (Å²) in [5.41, 5.74) is 0.0618. The smallest absolute Gasteiger partial charge is 0.256 e. The van der Waals surface area contributed by atoms with Gasteiger partial charge in [-0.1, -0.05) is 31.4 Å². The summed E-state index contributed by atoms with van der Waals surface area (Å²) < 4.78 is 20.8. The first-order valence-electron chi connectivity index (χ1n) is 12.2. The van der Waals surface area contributed by atoms with Crippen LogP contribution >= 0.6 is 0 Å². The highest BCUT2D eigenvalue weighted by atomic mass is 19.1. The molecule has 1 aromatic heterocycles. The minimum Gasteiger partial charge on any atom is -0.376 e. The zero-order valence-electron chi connectivity index (χ0n) is 19.4. The van der Waals surface area contributed by atoms with E-state index in [1.807, 2.05) is 0 Å². The number of aromatic nitrogens is 1. The first-order valence-corrected chi connectivity index (χ1v) is 12.2. The maximum Gasteiger partial charge on any atom is 0.256 e. The minimum absolute atomic E-state index is 0.0133. The molecule has 2 fully saturated rings. The van der Waals surface area contributed by atoms with Crippen molar-refractivity contribution in [1.29, 1.82) is 0 Å². The van der Waals surface area contributed by atoms with Crippen molar-refractivity contribution >= 4 is 11.8 Å². The average molecular weight is 470 g/mol. The quantitative estimate of drug-likeness (QED) is 0.621. The lowest BCUT2D eigenvalue weighted by molar-refractivity contribution is 0.0912. The maximum atomic E-state index is 13.4. The highest BCUT2D eigenvalue weighted by molar-refractivity contribution is 5.99. The normalized spacial score (nSPS) is 18.6. The van der Waals surface area contributed by atoms with Crippen molar-refractivity contribution in [3.05, 3.63) is 69.4 Å². The number of hydrogen-bond donors (Lipinski definition) is 2. The summed E-state index contributed by atoms with van der Waals surface area (Å²) in [6, 6.07) is 6.22. The Balaban J connectivity index is 1.51. The van der Waals surface area contributed by atoms with E-state index in [-0.39, 0.29) is 35.6 Å². The number of nitrogens with one attached hydrogen (secondary N) is 2. The fraction of sp³-hybridized carbons (Fsp3) is 0.500. The van der Waals surface area contributed by atoms with Gasteiger partial charge < -0.3 is 19.9 Å². The van der Waals surface area contributed by atoms with Crippen molar-refractivity contribution < 1.29 is 18.7 Å². The van der Waals surface area contributed by atoms with Crippen molar-refractivity contribution in [2.75, 3.05) is 13.2 Å². The van der Waals surface area contributed by atoms with Crippen LogP contribution in [0.25, 0.3) is 0 Å². The summed E-state index contributed by atoms with van der Waals surface area (Å²) in [5, 5.41) is 5.72. The minimum atomic E-state index is -0.583. The number of ether oxygens (including phenoxy) is 1. The van der Waals surface area contributed by atoms with Crippen molar-refractivity contribution in [1.82, 2.24) is 15.2 Å². The van der Waals surface area contributed by atoms with Crippen LogP contribution in [0.3, 0.4) is 0 Å². The standard InChI is InChI=1S/C26H32FN3O4/c27-19-7-4-6-18(14-19)11-12-28-25(32)22-16-30(15-21-10-5-13-34-21)17-23(24(22)31)26(33)29-20-8-2-1-3-9-20/h4,6-7,14,16-17,20-21H,1-3,5,8-13,15H2,(H,28,32)(H,29,33)/t21-/m1/s1. The summed E-state index contributed by atoms with van der Waals surface area (Å²) in [5.74, 6) is -1.32. The molecule has 4 rings (SSSR count). The van der Waals surface area contributed by atoms with Crippen LogP contribution in [0.1, 0.15) is 71.2 Å². The largest absolute Gasteiger partial charge is 0.376 e. The Kier molecular flexibility index (Phi) is 8.11. The molecule has 0 bridgehead atoms. The Hall–Kier alpha value is -3.00. The van der Waals surface area contributed by atoms with Gasteiger partial charge in [-0.15, -0.1) is 0 Å². The Morgan fingerprint density at radius 1 is 1.03 bits per heavy atom. The van der Waals surface area contributed by atoms with Crippen molar-refractivity contribution in [2.24, 2.45) is 0 Å². The molecule has 1 aliphatic carbocycles. The van der Waals surface area contributed by atoms with Gasteiger partial charge in [0, 0.05) is 38.1 Å². The number of carbonyl (C=O) groups excluding carboxylic acids is 2. The fourth-order valence-electron chi connectivity index (χ4n) is 4.70. The van der Waals surface area contributed by atoms with Crippen molar-refractivity contribution in [2.45, 2.75) is 70.1 Å². The van der Waals surface area contributed by atoms with Crippen LogP contribution in [0, 0.1) is 5.82 Å². The number of pyridine rings is 1. The Morgan fingerprint density at radius 3 is 2.50 bits per heavy atom. The summed E-state index contributed by atoms with van der Waals surface area (Å²) >= 11 is 0. The second-order valence-corrected chi connectivity index (χ2v) is 9.19. The number of rotatable bonds is 8. The lowest BCUT2D eigenvalue weighted by atomic mass is 9.95. The second-order valence-electron chi connectivity index (χ2n) is 9.19. The first kappa shape index (κ1) is 24.1. The zero-order valence-corrected chi connectivity index (χ0v) is 19.4. The molecule has 2 N–H and O–H groups in total. The molecule has 2 aliphatic rings. The fourth-order valence-corrected chi connectivity index (χ4v) is 4.70. The molecule has 7 nitrogen and oxygen atoms in total. The van der Waals surface area contributed by atoms with Gasteiger partial charge >= 0.3 is 0 Å². The van der Waals surface area contributed by atoms with E-state index in [0.29, 0.717) is 19.6 Å². The van der Waals surface area contributed by atoms with E-state index in [1.165, 1.54) is 24.5 Å². The molecular weight excluding hydrogens is 437 g/mol. The number of halogens is 1. The summed E-state index contributed by atoms with van der Waals surface area (Å²) in [7, 11) is 0. The van der Waals surface area contributed by atoms with Gasteiger partial charge in [0.2, 0.25) is 5.43 Å². The molecule has 0 radical (unpaired) electrons. The summed E-state index contributed by atoms with van der Waals surface area (Å²) in [4.78, 5) is 39.1. The van der Waals surface area contributed by atoms with E-state index < -0.39 is 17.2 Å². The molecule has 1 aromatic carbocycles. The topological polar surface area (TPSA) is 89.4 Å². The SMILES string of the molecule is O=C(NCCc1cccc(F)c1)c1cn(C[C@H]2CCCO2)cc(C(=O)NC2CCCCC2)c1=O. The van der Waals surface area contributed by atoms with Gasteiger partial charge in [0.25, 0.3) is 11.8 Å². The highest BCUT2D eigenvalue weighted by Gasteiger charge is 2.24. The molecule has 8 heteroatoms. The molecule has 0 unspecified atom stereocenters. The maximum absolute atomic E-state index is 13.4. The van der Waals surface area contributed by atoms with Gasteiger partial charge in [-0.2, -0.15) is 0 Å². The third kappa shape index (κ3) is 6.32. The molecular formula is C26H32FN3O4. The van der Waals surface area contributed by atoms with E-state index in [0.717, 1.165) is 50.5 Å². The predicted octanol–water partition coefficient (Wildman–Crippen LogP) is 3.20. The molecule has 2 heterocycles. The van der Waals surface area contributed by atoms with Crippen LogP contribution in [0.2, 0.25) is 0 Å². The van der Waals surface area contributed by atoms with E-state index in [4.69, 9.17) is 4.74 Å². The molecule has 2 amide bonds. The lowest BCUT2D eigenvalue weighted by Crippen LogP contribution is -2.40. The van der Waals surface area contributed by atoms with E-state index >= 15 is 0 Å². The Labute approximate surface area is 198 Å². The number of amides is 2. The molecule has 34 heavy (non-hydrogen) atoms. The number of hydrogen-bond acceptors (Lipinski definition) is 4. The number of benzene rings is 1. The molecule has 1 saturated carbocycles. The van der Waals surface area contributed by atoms with Gasteiger partial charge in [-0.3, -0.25) is 14.4 Å². The van der Waals surface area contributed by atoms with Crippen LogP contribution < -0.4 is 16.1 Å². The first-order chi connectivity index (χ1) is 16.5. The Morgan fingerprint density at radius 2 is 1.79 bits per heavy atom. The monoisotopic (exact) mass is 469 g/mol. The molecule has 1 aliphatic heterocycles. The third-order valence-electron chi connectivity index (χ3n) is 6.54. The average Bonchev–Trinajstić information content (AvgIpc) is 3.33. The molecule has 182 valence electrons. The number of nitrogens with zero attached hydrogens (tertiary/aromatic N) is 1. The van der Waals surface area contributed by atoms with E-state index in [9.17, 15) is 18.8 Å². The van der Waals surface area contributed by atoms with Gasteiger partial charge in [0.1, 0.15) is 16.9 Å². The van der Waals surface area contributed by atoms with Crippen LogP contribution in [-0.4, -0.2) is 41.7 Å². The zero-order chi connectivity index (χ0) is 23.9. The van der Waals surface area contributed by atoms with Crippen molar-refractivity contribution in [3.63, 3.8) is 0 Å². The van der Waals surface area contributed by atoms with Crippen LogP contribution in [0.5, 0.6) is 0 Å².